The van der Waals surface area contributed by atoms with Gasteiger partial charge in [0.15, 0.2) is 0 Å². The lowest BCUT2D eigenvalue weighted by atomic mass is 9.72. The molecule has 18 heavy (non-hydrogen) atoms. The minimum absolute atomic E-state index is 0.385. The van der Waals surface area contributed by atoms with Gasteiger partial charge < -0.3 is 5.32 Å². The number of hydrogen-bond acceptors (Lipinski definition) is 1. The maximum Gasteiger partial charge on any atom is 0.0406 e. The van der Waals surface area contributed by atoms with E-state index in [0.717, 1.165) is 5.92 Å². The Labute approximate surface area is 111 Å². The van der Waals surface area contributed by atoms with E-state index < -0.39 is 0 Å². The second-order valence-electron chi connectivity index (χ2n) is 6.41. The summed E-state index contributed by atoms with van der Waals surface area (Å²) in [5.41, 5.74) is 4.77. The van der Waals surface area contributed by atoms with Crippen molar-refractivity contribution in [3.8, 4) is 0 Å². The lowest BCUT2D eigenvalue weighted by Crippen LogP contribution is -2.48. The fraction of sp³-hybridized carbons (Fsp3) is 0.647. The molecule has 1 aliphatic carbocycles. The van der Waals surface area contributed by atoms with E-state index in [1.807, 2.05) is 0 Å². The van der Waals surface area contributed by atoms with Gasteiger partial charge in [-0.25, -0.2) is 0 Å². The van der Waals surface area contributed by atoms with Crippen LogP contribution < -0.4 is 5.32 Å². The Kier molecular flexibility index (Phi) is 3.09. The van der Waals surface area contributed by atoms with Crippen molar-refractivity contribution in [2.75, 3.05) is 5.32 Å². The molecular weight excluding hydrogens is 218 g/mol. The molecule has 1 aromatic rings. The fourth-order valence-electron chi connectivity index (χ4n) is 3.95. The van der Waals surface area contributed by atoms with Crippen LogP contribution >= 0.6 is 0 Å². The Hall–Kier alpha value is -0.980. The van der Waals surface area contributed by atoms with Gasteiger partial charge in [-0.15, -0.1) is 0 Å². The van der Waals surface area contributed by atoms with Gasteiger partial charge in [0.05, 0.1) is 0 Å². The molecule has 1 saturated carbocycles. The second kappa shape index (κ2) is 4.60. The Bertz CT molecular complexity index is 427. The number of hydrogen-bond donors (Lipinski definition) is 1. The third kappa shape index (κ3) is 1.94. The average Bonchev–Trinajstić information content (AvgIpc) is 2.59. The minimum Gasteiger partial charge on any atom is -0.379 e. The van der Waals surface area contributed by atoms with Gasteiger partial charge in [0.1, 0.15) is 0 Å². The van der Waals surface area contributed by atoms with E-state index in [4.69, 9.17) is 0 Å². The zero-order valence-corrected chi connectivity index (χ0v) is 11.8. The predicted molar refractivity (Wildman–Crippen MR) is 78.1 cm³/mol. The summed E-state index contributed by atoms with van der Waals surface area (Å²) >= 11 is 0. The van der Waals surface area contributed by atoms with Gasteiger partial charge in [-0.1, -0.05) is 50.8 Å². The Morgan fingerprint density at radius 2 is 1.83 bits per heavy atom. The molecule has 1 nitrogen and oxygen atoms in total. The van der Waals surface area contributed by atoms with Crippen LogP contribution in [0.1, 0.15) is 56.6 Å². The van der Waals surface area contributed by atoms with Gasteiger partial charge >= 0.3 is 0 Å². The second-order valence-corrected chi connectivity index (χ2v) is 6.41. The largest absolute Gasteiger partial charge is 0.379 e. The molecule has 1 heterocycles. The monoisotopic (exact) mass is 243 g/mol. The topological polar surface area (TPSA) is 12.0 Å². The van der Waals surface area contributed by atoms with Crippen LogP contribution in [0, 0.1) is 12.8 Å². The summed E-state index contributed by atoms with van der Waals surface area (Å²) in [5, 5.41) is 3.97. The first-order chi connectivity index (χ1) is 8.71. The fourth-order valence-corrected chi connectivity index (χ4v) is 3.95. The van der Waals surface area contributed by atoms with Crippen molar-refractivity contribution >= 4 is 5.69 Å². The molecule has 0 bridgehead atoms. The molecule has 1 unspecified atom stereocenters. The van der Waals surface area contributed by atoms with Crippen LogP contribution in [0.3, 0.4) is 0 Å². The summed E-state index contributed by atoms with van der Waals surface area (Å²) in [4.78, 5) is 0. The standard InChI is InChI=1S/C17H25N/c1-13-8-7-9-15-12-14(2)17(18-16(13)15)10-5-3-4-6-11-17/h7-9,14,18H,3-6,10-12H2,1-2H3. The summed E-state index contributed by atoms with van der Waals surface area (Å²) in [6.07, 6.45) is 9.64. The third-order valence-electron chi connectivity index (χ3n) is 5.20. The highest BCUT2D eigenvalue weighted by atomic mass is 15.0. The van der Waals surface area contributed by atoms with Gasteiger partial charge in [-0.05, 0) is 43.2 Å². The van der Waals surface area contributed by atoms with Crippen molar-refractivity contribution in [2.45, 2.75) is 64.3 Å². The molecule has 1 aromatic carbocycles. The van der Waals surface area contributed by atoms with Gasteiger partial charge in [-0.2, -0.15) is 0 Å². The summed E-state index contributed by atoms with van der Waals surface area (Å²) < 4.78 is 0. The normalized spacial score (nSPS) is 26.2. The Balaban J connectivity index is 1.96. The van der Waals surface area contributed by atoms with Gasteiger partial charge in [-0.3, -0.25) is 0 Å². The number of benzene rings is 1. The molecule has 0 amide bonds. The highest BCUT2D eigenvalue weighted by molar-refractivity contribution is 5.61. The predicted octanol–water partition coefficient (Wildman–Crippen LogP) is 4.69. The van der Waals surface area contributed by atoms with Crippen molar-refractivity contribution < 1.29 is 0 Å². The summed E-state index contributed by atoms with van der Waals surface area (Å²) in [6.45, 7) is 4.69. The SMILES string of the molecule is Cc1cccc2c1NC1(CCCCCC1)C(C)C2. The first-order valence-corrected chi connectivity index (χ1v) is 7.58. The zero-order chi connectivity index (χ0) is 12.6. The molecule has 0 radical (unpaired) electrons. The molecule has 0 saturated heterocycles. The molecule has 1 aliphatic heterocycles. The Morgan fingerprint density at radius 1 is 1.11 bits per heavy atom. The van der Waals surface area contributed by atoms with E-state index in [0.29, 0.717) is 5.54 Å². The van der Waals surface area contributed by atoms with Crippen molar-refractivity contribution in [3.05, 3.63) is 29.3 Å². The number of aryl methyl sites for hydroxylation is 1. The molecule has 1 heteroatoms. The van der Waals surface area contributed by atoms with Crippen molar-refractivity contribution in [1.82, 2.24) is 0 Å². The number of para-hydroxylation sites is 1. The average molecular weight is 243 g/mol. The van der Waals surface area contributed by atoms with E-state index in [-0.39, 0.29) is 0 Å². The van der Waals surface area contributed by atoms with Crippen molar-refractivity contribution in [1.29, 1.82) is 0 Å². The number of rotatable bonds is 0. The van der Waals surface area contributed by atoms with E-state index in [1.54, 1.807) is 0 Å². The number of nitrogens with one attached hydrogen (secondary N) is 1. The molecule has 1 fully saturated rings. The quantitative estimate of drug-likeness (QED) is 0.697. The summed E-state index contributed by atoms with van der Waals surface area (Å²) in [7, 11) is 0. The first-order valence-electron chi connectivity index (χ1n) is 7.58. The maximum atomic E-state index is 3.97. The van der Waals surface area contributed by atoms with Crippen LogP contribution in [0.5, 0.6) is 0 Å². The molecule has 2 aliphatic rings. The van der Waals surface area contributed by atoms with Gasteiger partial charge in [0, 0.05) is 11.2 Å². The highest BCUT2D eigenvalue weighted by Crippen LogP contribution is 2.43. The van der Waals surface area contributed by atoms with E-state index in [2.05, 4.69) is 37.4 Å². The van der Waals surface area contributed by atoms with Crippen LogP contribution in [0.15, 0.2) is 18.2 Å². The maximum absolute atomic E-state index is 3.97. The highest BCUT2D eigenvalue weighted by Gasteiger charge is 2.40. The molecule has 0 aromatic heterocycles. The molecule has 98 valence electrons. The van der Waals surface area contributed by atoms with Gasteiger partial charge in [0.25, 0.3) is 0 Å². The third-order valence-corrected chi connectivity index (χ3v) is 5.20. The van der Waals surface area contributed by atoms with Crippen molar-refractivity contribution in [3.63, 3.8) is 0 Å². The number of fused-ring (bicyclic) bond motifs is 1. The van der Waals surface area contributed by atoms with Crippen LogP contribution in [0.2, 0.25) is 0 Å². The molecule has 1 spiro atoms. The zero-order valence-electron chi connectivity index (χ0n) is 11.8. The minimum atomic E-state index is 0.385. The van der Waals surface area contributed by atoms with Crippen LogP contribution in [-0.2, 0) is 6.42 Å². The van der Waals surface area contributed by atoms with Crippen LogP contribution in [-0.4, -0.2) is 5.54 Å². The van der Waals surface area contributed by atoms with E-state index in [1.165, 1.54) is 61.8 Å². The molecule has 3 rings (SSSR count). The van der Waals surface area contributed by atoms with E-state index in [9.17, 15) is 0 Å². The summed E-state index contributed by atoms with van der Waals surface area (Å²) in [5.74, 6) is 0.768. The summed E-state index contributed by atoms with van der Waals surface area (Å²) in [6, 6.07) is 6.75. The lowest BCUT2D eigenvalue weighted by Gasteiger charge is -2.45. The number of anilines is 1. The lowest BCUT2D eigenvalue weighted by molar-refractivity contribution is 0.271. The molecule has 1 atom stereocenters. The van der Waals surface area contributed by atoms with Gasteiger partial charge in [0.2, 0.25) is 0 Å². The molecular formula is C17H25N. The molecule has 1 N–H and O–H groups in total. The van der Waals surface area contributed by atoms with Crippen LogP contribution in [0.4, 0.5) is 5.69 Å². The Morgan fingerprint density at radius 3 is 2.56 bits per heavy atom. The smallest absolute Gasteiger partial charge is 0.0406 e. The van der Waals surface area contributed by atoms with E-state index >= 15 is 0 Å². The van der Waals surface area contributed by atoms with Crippen molar-refractivity contribution in [2.24, 2.45) is 5.92 Å². The first kappa shape index (κ1) is 12.1. The van der Waals surface area contributed by atoms with Crippen LogP contribution in [0.25, 0.3) is 0 Å².